The standard InChI is InChI=1S/C28H28F3N5O/c1-15(2)35-8-10-36(11-9-35)18-6-4-17(5-7-18)19-12-22(27(32)34-26(19)31)20-13-21-23(14-24(20)29)28(37)33-16(3)25(21)30/h4-7,12-15H,8-11H2,1-3H3,(H2,32,34)(H,33,37). The van der Waals surface area contributed by atoms with Crippen molar-refractivity contribution in [3.05, 3.63) is 76.1 Å². The highest BCUT2D eigenvalue weighted by atomic mass is 19.1. The Morgan fingerprint density at radius 2 is 1.59 bits per heavy atom. The van der Waals surface area contributed by atoms with Crippen molar-refractivity contribution in [3.8, 4) is 22.3 Å². The van der Waals surface area contributed by atoms with E-state index in [-0.39, 0.29) is 39.0 Å². The molecule has 9 heteroatoms. The molecule has 0 bridgehead atoms. The number of aromatic nitrogens is 2. The number of rotatable bonds is 4. The average Bonchev–Trinajstić information content (AvgIpc) is 2.88. The fourth-order valence-corrected chi connectivity index (χ4v) is 4.91. The summed E-state index contributed by atoms with van der Waals surface area (Å²) in [6, 6.07) is 11.5. The molecule has 0 unspecified atom stereocenters. The monoisotopic (exact) mass is 507 g/mol. The Kier molecular flexibility index (Phi) is 6.41. The van der Waals surface area contributed by atoms with Gasteiger partial charge < -0.3 is 15.6 Å². The third-order valence-electron chi connectivity index (χ3n) is 7.10. The molecule has 6 nitrogen and oxygen atoms in total. The van der Waals surface area contributed by atoms with Crippen molar-refractivity contribution in [1.82, 2.24) is 14.9 Å². The lowest BCUT2D eigenvalue weighted by atomic mass is 9.97. The van der Waals surface area contributed by atoms with Crippen LogP contribution in [-0.4, -0.2) is 47.1 Å². The molecule has 4 aromatic rings. The molecular weight excluding hydrogens is 479 g/mol. The second kappa shape index (κ2) is 9.55. The van der Waals surface area contributed by atoms with Gasteiger partial charge in [-0.25, -0.2) is 13.8 Å². The summed E-state index contributed by atoms with van der Waals surface area (Å²) in [5.41, 5.74) is 7.18. The maximum Gasteiger partial charge on any atom is 0.256 e. The predicted octanol–water partition coefficient (Wildman–Crippen LogP) is 5.10. The summed E-state index contributed by atoms with van der Waals surface area (Å²) >= 11 is 0. The summed E-state index contributed by atoms with van der Waals surface area (Å²) in [7, 11) is 0. The van der Waals surface area contributed by atoms with Gasteiger partial charge in [0, 0.05) is 60.0 Å². The second-order valence-electron chi connectivity index (χ2n) is 9.69. The van der Waals surface area contributed by atoms with E-state index in [0.29, 0.717) is 11.6 Å². The first kappa shape index (κ1) is 24.8. The van der Waals surface area contributed by atoms with Crippen LogP contribution in [0.4, 0.5) is 24.7 Å². The van der Waals surface area contributed by atoms with Crippen molar-refractivity contribution >= 4 is 22.3 Å². The zero-order valence-corrected chi connectivity index (χ0v) is 20.9. The highest BCUT2D eigenvalue weighted by Crippen LogP contribution is 2.35. The topological polar surface area (TPSA) is 78.2 Å². The fourth-order valence-electron chi connectivity index (χ4n) is 4.91. The molecule has 0 aliphatic carbocycles. The molecule has 0 saturated carbocycles. The highest BCUT2D eigenvalue weighted by molar-refractivity contribution is 5.90. The number of fused-ring (bicyclic) bond motifs is 1. The Bertz CT molecular complexity index is 1540. The number of nitrogens with two attached hydrogens (primary N) is 1. The molecule has 1 aliphatic rings. The normalized spacial score (nSPS) is 14.6. The molecule has 3 N–H and O–H groups in total. The molecule has 2 aromatic carbocycles. The lowest BCUT2D eigenvalue weighted by Crippen LogP contribution is -2.48. The van der Waals surface area contributed by atoms with Crippen LogP contribution in [0.15, 0.2) is 47.3 Å². The molecule has 2 aromatic heterocycles. The van der Waals surface area contributed by atoms with Crippen LogP contribution in [0.2, 0.25) is 0 Å². The van der Waals surface area contributed by atoms with Crippen LogP contribution in [0, 0.1) is 24.5 Å². The van der Waals surface area contributed by atoms with Crippen LogP contribution in [0.1, 0.15) is 19.5 Å². The van der Waals surface area contributed by atoms with Gasteiger partial charge in [0.05, 0.1) is 11.1 Å². The Hall–Kier alpha value is -3.85. The van der Waals surface area contributed by atoms with Gasteiger partial charge in [0.15, 0.2) is 0 Å². The molecule has 192 valence electrons. The van der Waals surface area contributed by atoms with E-state index in [2.05, 4.69) is 33.6 Å². The number of anilines is 2. The minimum absolute atomic E-state index is 0.0339. The highest BCUT2D eigenvalue weighted by Gasteiger charge is 2.21. The zero-order chi connectivity index (χ0) is 26.4. The number of hydrogen-bond acceptors (Lipinski definition) is 5. The maximum atomic E-state index is 15.1. The van der Waals surface area contributed by atoms with Crippen molar-refractivity contribution in [1.29, 1.82) is 0 Å². The summed E-state index contributed by atoms with van der Waals surface area (Å²) in [5.74, 6) is -2.49. The smallest absolute Gasteiger partial charge is 0.256 e. The Balaban J connectivity index is 1.51. The van der Waals surface area contributed by atoms with Gasteiger partial charge in [-0.05, 0) is 56.7 Å². The van der Waals surface area contributed by atoms with Crippen molar-refractivity contribution in [2.75, 3.05) is 36.8 Å². The van der Waals surface area contributed by atoms with Crippen LogP contribution in [0.3, 0.4) is 0 Å². The molecule has 1 saturated heterocycles. The van der Waals surface area contributed by atoms with Gasteiger partial charge in [-0.3, -0.25) is 9.69 Å². The van der Waals surface area contributed by atoms with Gasteiger partial charge in [0.25, 0.3) is 5.56 Å². The third-order valence-corrected chi connectivity index (χ3v) is 7.10. The quantitative estimate of drug-likeness (QED) is 0.376. The van der Waals surface area contributed by atoms with Crippen LogP contribution < -0.4 is 16.2 Å². The molecule has 1 fully saturated rings. The number of H-pyrrole nitrogens is 1. The van der Waals surface area contributed by atoms with E-state index < -0.39 is 23.1 Å². The van der Waals surface area contributed by atoms with E-state index in [1.54, 1.807) is 12.1 Å². The maximum absolute atomic E-state index is 15.1. The van der Waals surface area contributed by atoms with E-state index in [1.165, 1.54) is 19.1 Å². The summed E-state index contributed by atoms with van der Waals surface area (Å²) in [6.07, 6.45) is 0. The van der Waals surface area contributed by atoms with Crippen LogP contribution in [-0.2, 0) is 0 Å². The van der Waals surface area contributed by atoms with Crippen molar-refractivity contribution < 1.29 is 13.2 Å². The molecular formula is C28H28F3N5O. The minimum atomic E-state index is -0.792. The summed E-state index contributed by atoms with van der Waals surface area (Å²) in [6.45, 7) is 9.55. The Morgan fingerprint density at radius 1 is 0.919 bits per heavy atom. The number of hydrogen-bond donors (Lipinski definition) is 2. The number of nitrogen functional groups attached to an aromatic ring is 1. The number of benzene rings is 2. The first-order valence-electron chi connectivity index (χ1n) is 12.2. The van der Waals surface area contributed by atoms with Crippen LogP contribution in [0.5, 0.6) is 0 Å². The van der Waals surface area contributed by atoms with E-state index >= 15 is 4.39 Å². The van der Waals surface area contributed by atoms with Gasteiger partial charge in [0.2, 0.25) is 5.95 Å². The fraction of sp³-hybridized carbons (Fsp3) is 0.286. The summed E-state index contributed by atoms with van der Waals surface area (Å²) in [5, 5.41) is -0.173. The van der Waals surface area contributed by atoms with E-state index in [9.17, 15) is 13.6 Å². The van der Waals surface area contributed by atoms with Crippen molar-refractivity contribution in [2.24, 2.45) is 0 Å². The zero-order valence-electron chi connectivity index (χ0n) is 20.9. The van der Waals surface area contributed by atoms with Gasteiger partial charge in [0.1, 0.15) is 17.5 Å². The molecule has 37 heavy (non-hydrogen) atoms. The predicted molar refractivity (Wildman–Crippen MR) is 141 cm³/mol. The number of aryl methyl sites for hydroxylation is 1. The van der Waals surface area contributed by atoms with Crippen molar-refractivity contribution in [2.45, 2.75) is 26.8 Å². The first-order chi connectivity index (χ1) is 17.6. The molecule has 0 amide bonds. The summed E-state index contributed by atoms with van der Waals surface area (Å²) < 4.78 is 44.8. The Morgan fingerprint density at radius 3 is 2.24 bits per heavy atom. The average molecular weight is 508 g/mol. The number of nitrogens with one attached hydrogen (secondary N) is 1. The van der Waals surface area contributed by atoms with Crippen LogP contribution in [0.25, 0.3) is 33.0 Å². The second-order valence-corrected chi connectivity index (χ2v) is 9.69. The lowest BCUT2D eigenvalue weighted by molar-refractivity contribution is 0.209. The molecule has 5 rings (SSSR count). The minimum Gasteiger partial charge on any atom is -0.383 e. The molecule has 0 spiro atoms. The number of piperazine rings is 1. The van der Waals surface area contributed by atoms with Crippen LogP contribution >= 0.6 is 0 Å². The van der Waals surface area contributed by atoms with E-state index in [1.807, 2.05) is 12.1 Å². The largest absolute Gasteiger partial charge is 0.383 e. The molecule has 0 radical (unpaired) electrons. The van der Waals surface area contributed by atoms with Crippen molar-refractivity contribution in [3.63, 3.8) is 0 Å². The van der Waals surface area contributed by atoms with Gasteiger partial charge in [-0.2, -0.15) is 4.39 Å². The van der Waals surface area contributed by atoms with E-state index in [4.69, 9.17) is 5.73 Å². The SMILES string of the molecule is Cc1[nH]c(=O)c2cc(F)c(-c3cc(-c4ccc(N5CCN(C(C)C)CC5)cc4)c(F)nc3N)cc2c1F. The van der Waals surface area contributed by atoms with E-state index in [0.717, 1.165) is 37.9 Å². The van der Waals surface area contributed by atoms with Gasteiger partial charge >= 0.3 is 0 Å². The Labute approximate surface area is 212 Å². The number of aromatic amines is 1. The van der Waals surface area contributed by atoms with Gasteiger partial charge in [-0.1, -0.05) is 12.1 Å². The number of halogens is 3. The van der Waals surface area contributed by atoms with Gasteiger partial charge in [-0.15, -0.1) is 0 Å². The summed E-state index contributed by atoms with van der Waals surface area (Å²) in [4.78, 5) is 23.1. The number of pyridine rings is 2. The third kappa shape index (κ3) is 4.55. The lowest BCUT2D eigenvalue weighted by Gasteiger charge is -2.38. The molecule has 1 aliphatic heterocycles. The number of nitrogens with zero attached hydrogens (tertiary/aromatic N) is 3. The first-order valence-corrected chi connectivity index (χ1v) is 12.2. The molecule has 0 atom stereocenters. The molecule has 3 heterocycles.